The number of quaternary nitrogens is 1. The Bertz CT molecular complexity index is 522. The van der Waals surface area contributed by atoms with Crippen molar-refractivity contribution >= 4 is 12.1 Å². The van der Waals surface area contributed by atoms with Gasteiger partial charge in [-0.25, -0.2) is 5.43 Å². The van der Waals surface area contributed by atoms with E-state index < -0.39 is 0 Å². The Kier molecular flexibility index (Phi) is 6.85. The number of nitrogens with zero attached hydrogens (tertiary/aromatic N) is 2. The number of carbonyl (C=O) groups is 1. The molecule has 0 spiro atoms. The van der Waals surface area contributed by atoms with Gasteiger partial charge in [0.15, 0.2) is 18.0 Å². The summed E-state index contributed by atoms with van der Waals surface area (Å²) in [4.78, 5) is 11.7. The molecule has 6 heteroatoms. The van der Waals surface area contributed by atoms with Crippen LogP contribution in [-0.4, -0.2) is 57.5 Å². The highest BCUT2D eigenvalue weighted by atomic mass is 16.5. The van der Waals surface area contributed by atoms with Crippen LogP contribution in [0.3, 0.4) is 0 Å². The molecule has 0 aliphatic rings. The van der Waals surface area contributed by atoms with Crippen LogP contribution < -0.4 is 14.9 Å². The molecule has 1 rings (SSSR count). The average molecular weight is 308 g/mol. The molecule has 1 N–H and O–H groups in total. The van der Waals surface area contributed by atoms with Crippen LogP contribution in [0.1, 0.15) is 19.4 Å². The number of nitrogens with one attached hydrogen (secondary N) is 1. The summed E-state index contributed by atoms with van der Waals surface area (Å²) in [7, 11) is 5.85. The maximum atomic E-state index is 11.7. The van der Waals surface area contributed by atoms with Gasteiger partial charge in [-0.3, -0.25) is 4.79 Å². The van der Waals surface area contributed by atoms with Gasteiger partial charge in [-0.05, 0) is 37.6 Å². The van der Waals surface area contributed by atoms with E-state index in [0.29, 0.717) is 35.7 Å². The van der Waals surface area contributed by atoms with E-state index in [1.165, 1.54) is 0 Å². The Hall–Kier alpha value is -2.08. The minimum Gasteiger partial charge on any atom is -0.490 e. The lowest BCUT2D eigenvalue weighted by atomic mass is 10.2. The van der Waals surface area contributed by atoms with Crippen molar-refractivity contribution in [3.8, 4) is 11.5 Å². The van der Waals surface area contributed by atoms with Gasteiger partial charge in [0.1, 0.15) is 0 Å². The van der Waals surface area contributed by atoms with Crippen molar-refractivity contribution in [2.24, 2.45) is 5.10 Å². The van der Waals surface area contributed by atoms with E-state index in [0.717, 1.165) is 5.56 Å². The van der Waals surface area contributed by atoms with E-state index in [4.69, 9.17) is 9.47 Å². The molecule has 0 radical (unpaired) electrons. The number of amides is 1. The van der Waals surface area contributed by atoms with Crippen molar-refractivity contribution in [2.75, 3.05) is 40.9 Å². The highest BCUT2D eigenvalue weighted by Crippen LogP contribution is 2.27. The van der Waals surface area contributed by atoms with Gasteiger partial charge in [0.25, 0.3) is 5.91 Å². The first-order valence-corrected chi connectivity index (χ1v) is 7.37. The Labute approximate surface area is 132 Å². The molecule has 1 aromatic rings. The maximum Gasteiger partial charge on any atom is 0.295 e. The molecular weight excluding hydrogens is 282 g/mol. The van der Waals surface area contributed by atoms with Gasteiger partial charge < -0.3 is 14.0 Å². The number of hydrogen-bond donors (Lipinski definition) is 1. The fourth-order valence-electron chi connectivity index (χ4n) is 1.79. The zero-order valence-electron chi connectivity index (χ0n) is 14.0. The summed E-state index contributed by atoms with van der Waals surface area (Å²) in [5.41, 5.74) is 3.35. The van der Waals surface area contributed by atoms with E-state index in [2.05, 4.69) is 10.5 Å². The first-order valence-electron chi connectivity index (χ1n) is 7.37. The van der Waals surface area contributed by atoms with Crippen LogP contribution in [0.15, 0.2) is 23.3 Å². The number of benzene rings is 1. The molecule has 0 atom stereocenters. The first-order chi connectivity index (χ1) is 10.4. The van der Waals surface area contributed by atoms with Crippen molar-refractivity contribution in [3.05, 3.63) is 23.8 Å². The Morgan fingerprint density at radius 2 is 1.82 bits per heavy atom. The second-order valence-corrected chi connectivity index (χ2v) is 5.81. The number of hydrogen-bond acceptors (Lipinski definition) is 4. The quantitative estimate of drug-likeness (QED) is 0.451. The van der Waals surface area contributed by atoms with Crippen molar-refractivity contribution in [1.82, 2.24) is 5.43 Å². The van der Waals surface area contributed by atoms with Gasteiger partial charge in [0.2, 0.25) is 0 Å². The summed E-state index contributed by atoms with van der Waals surface area (Å²) in [6, 6.07) is 5.54. The lowest BCUT2D eigenvalue weighted by Crippen LogP contribution is -2.43. The summed E-state index contributed by atoms with van der Waals surface area (Å²) < 4.78 is 11.6. The van der Waals surface area contributed by atoms with Crippen LogP contribution in [0.25, 0.3) is 0 Å². The van der Waals surface area contributed by atoms with Gasteiger partial charge in [-0.2, -0.15) is 5.10 Å². The predicted octanol–water partition coefficient (Wildman–Crippen LogP) is 1.64. The van der Waals surface area contributed by atoms with E-state index >= 15 is 0 Å². The molecule has 0 aliphatic heterocycles. The number of rotatable bonds is 8. The molecule has 0 unspecified atom stereocenters. The van der Waals surface area contributed by atoms with Gasteiger partial charge in [0, 0.05) is 0 Å². The number of carbonyl (C=O) groups excluding carboxylic acids is 1. The minimum absolute atomic E-state index is 0.125. The monoisotopic (exact) mass is 308 g/mol. The van der Waals surface area contributed by atoms with E-state index in [9.17, 15) is 4.79 Å². The second-order valence-electron chi connectivity index (χ2n) is 5.81. The van der Waals surface area contributed by atoms with Crippen molar-refractivity contribution in [1.29, 1.82) is 0 Å². The SMILES string of the molecule is CCOc1ccc(/C=N\NC(=O)C[N+](C)(C)C)cc1OCC. The third-order valence-corrected chi connectivity index (χ3v) is 2.59. The summed E-state index contributed by atoms with van der Waals surface area (Å²) in [6.45, 7) is 5.34. The van der Waals surface area contributed by atoms with E-state index in [1.54, 1.807) is 6.21 Å². The third-order valence-electron chi connectivity index (χ3n) is 2.59. The maximum absolute atomic E-state index is 11.7. The minimum atomic E-state index is -0.125. The van der Waals surface area contributed by atoms with Gasteiger partial charge in [-0.1, -0.05) is 0 Å². The van der Waals surface area contributed by atoms with Crippen LogP contribution >= 0.6 is 0 Å². The number of ether oxygens (including phenoxy) is 2. The zero-order chi connectivity index (χ0) is 16.6. The molecular formula is C16H26N3O3+. The lowest BCUT2D eigenvalue weighted by Gasteiger charge is -2.21. The molecule has 0 fully saturated rings. The van der Waals surface area contributed by atoms with Crippen LogP contribution in [0, 0.1) is 0 Å². The fraction of sp³-hybridized carbons (Fsp3) is 0.500. The molecule has 0 aliphatic carbocycles. The lowest BCUT2D eigenvalue weighted by molar-refractivity contribution is -0.862. The van der Waals surface area contributed by atoms with Crippen LogP contribution in [0.4, 0.5) is 0 Å². The van der Waals surface area contributed by atoms with Crippen molar-refractivity contribution in [3.63, 3.8) is 0 Å². The highest BCUT2D eigenvalue weighted by molar-refractivity contribution is 5.83. The molecule has 0 aromatic heterocycles. The molecule has 6 nitrogen and oxygen atoms in total. The largest absolute Gasteiger partial charge is 0.490 e. The summed E-state index contributed by atoms with van der Waals surface area (Å²) in [6.07, 6.45) is 1.59. The van der Waals surface area contributed by atoms with E-state index in [1.807, 2.05) is 53.2 Å². The van der Waals surface area contributed by atoms with Crippen LogP contribution in [-0.2, 0) is 4.79 Å². The Balaban J connectivity index is 2.70. The normalized spacial score (nSPS) is 11.5. The second kappa shape index (κ2) is 8.38. The molecule has 1 amide bonds. The van der Waals surface area contributed by atoms with Gasteiger partial charge in [0.05, 0.1) is 40.6 Å². The Morgan fingerprint density at radius 3 is 2.41 bits per heavy atom. The Morgan fingerprint density at radius 1 is 1.18 bits per heavy atom. The molecule has 1 aromatic carbocycles. The van der Waals surface area contributed by atoms with Crippen LogP contribution in [0.2, 0.25) is 0 Å². The summed E-state index contributed by atoms with van der Waals surface area (Å²) >= 11 is 0. The number of hydrazone groups is 1. The standard InChI is InChI=1S/C16H25N3O3/c1-6-21-14-9-8-13(10-15(14)22-7-2)11-17-18-16(20)12-19(3,4)5/h8-11H,6-7,12H2,1-5H3/p+1/b17-11-. The van der Waals surface area contributed by atoms with Crippen molar-refractivity contribution < 1.29 is 18.8 Å². The molecule has 22 heavy (non-hydrogen) atoms. The molecule has 0 bridgehead atoms. The fourth-order valence-corrected chi connectivity index (χ4v) is 1.79. The van der Waals surface area contributed by atoms with Crippen molar-refractivity contribution in [2.45, 2.75) is 13.8 Å². The topological polar surface area (TPSA) is 59.9 Å². The molecule has 0 saturated carbocycles. The molecule has 0 saturated heterocycles. The summed E-state index contributed by atoms with van der Waals surface area (Å²) in [5, 5.41) is 3.97. The van der Waals surface area contributed by atoms with E-state index in [-0.39, 0.29) is 5.91 Å². The van der Waals surface area contributed by atoms with Crippen LogP contribution in [0.5, 0.6) is 11.5 Å². The third kappa shape index (κ3) is 6.58. The molecule has 0 heterocycles. The van der Waals surface area contributed by atoms with Gasteiger partial charge >= 0.3 is 0 Å². The zero-order valence-corrected chi connectivity index (χ0v) is 14.0. The number of likely N-dealkylation sites (N-methyl/N-ethyl adjacent to an activating group) is 1. The predicted molar refractivity (Wildman–Crippen MR) is 87.4 cm³/mol. The highest BCUT2D eigenvalue weighted by Gasteiger charge is 2.13. The average Bonchev–Trinajstić information content (AvgIpc) is 2.40. The van der Waals surface area contributed by atoms with Gasteiger partial charge in [-0.15, -0.1) is 0 Å². The molecule has 122 valence electrons. The summed E-state index contributed by atoms with van der Waals surface area (Å²) in [5.74, 6) is 1.25. The first kappa shape index (κ1) is 18.0. The smallest absolute Gasteiger partial charge is 0.295 e.